The van der Waals surface area contributed by atoms with Crippen molar-refractivity contribution >= 4 is 5.91 Å². The van der Waals surface area contributed by atoms with Crippen LogP contribution in [-0.4, -0.2) is 19.0 Å². The average Bonchev–Trinajstić information content (AvgIpc) is 2.58. The summed E-state index contributed by atoms with van der Waals surface area (Å²) in [5.41, 5.74) is 7.07. The molecular weight excluding hydrogens is 276 g/mol. The molecule has 0 aliphatic carbocycles. The zero-order chi connectivity index (χ0) is 15.8. The molecule has 1 amide bonds. The number of hydrogen-bond donors (Lipinski definition) is 2. The molecule has 0 saturated heterocycles. The summed E-state index contributed by atoms with van der Waals surface area (Å²) in [5, 5.41) is 2.91. The van der Waals surface area contributed by atoms with Crippen LogP contribution in [0.3, 0.4) is 0 Å². The van der Waals surface area contributed by atoms with Crippen LogP contribution in [0.5, 0.6) is 5.75 Å². The molecule has 2 aromatic carbocycles. The summed E-state index contributed by atoms with van der Waals surface area (Å²) in [6, 6.07) is 17.0. The first kappa shape index (κ1) is 16.0. The summed E-state index contributed by atoms with van der Waals surface area (Å²) < 4.78 is 5.73. The Kier molecular flexibility index (Phi) is 5.98. The molecule has 4 nitrogen and oxygen atoms in total. The number of para-hydroxylation sites is 1. The van der Waals surface area contributed by atoms with Gasteiger partial charge in [-0.2, -0.15) is 0 Å². The minimum atomic E-state index is -0.0902. The highest BCUT2D eigenvalue weighted by Crippen LogP contribution is 2.14. The molecule has 3 N–H and O–H groups in total. The monoisotopic (exact) mass is 298 g/mol. The van der Waals surface area contributed by atoms with Crippen molar-refractivity contribution in [2.45, 2.75) is 13.5 Å². The van der Waals surface area contributed by atoms with Crippen molar-refractivity contribution in [3.63, 3.8) is 0 Å². The molecule has 1 unspecified atom stereocenters. The molecule has 22 heavy (non-hydrogen) atoms. The van der Waals surface area contributed by atoms with E-state index in [2.05, 4.69) is 5.32 Å². The smallest absolute Gasteiger partial charge is 0.251 e. The molecule has 0 bridgehead atoms. The summed E-state index contributed by atoms with van der Waals surface area (Å²) in [6.07, 6.45) is 0. The molecule has 0 aromatic heterocycles. The molecule has 0 saturated carbocycles. The second-order valence-electron chi connectivity index (χ2n) is 5.31. The van der Waals surface area contributed by atoms with E-state index in [0.29, 0.717) is 25.3 Å². The Hall–Kier alpha value is -2.33. The van der Waals surface area contributed by atoms with Gasteiger partial charge in [-0.15, -0.1) is 0 Å². The molecule has 1 atom stereocenters. The lowest BCUT2D eigenvalue weighted by molar-refractivity contribution is 0.0946. The van der Waals surface area contributed by atoms with E-state index in [1.165, 1.54) is 0 Å². The molecule has 0 heterocycles. The maximum absolute atomic E-state index is 12.3. The van der Waals surface area contributed by atoms with Gasteiger partial charge in [0.1, 0.15) is 12.4 Å². The van der Waals surface area contributed by atoms with Crippen LogP contribution < -0.4 is 15.8 Å². The van der Waals surface area contributed by atoms with Gasteiger partial charge in [0.05, 0.1) is 0 Å². The maximum atomic E-state index is 12.3. The fourth-order valence-electron chi connectivity index (χ4n) is 1.99. The highest BCUT2D eigenvalue weighted by Gasteiger charge is 2.12. The number of amides is 1. The second kappa shape index (κ2) is 8.20. The van der Waals surface area contributed by atoms with Gasteiger partial charge < -0.3 is 15.8 Å². The Morgan fingerprint density at radius 3 is 2.55 bits per heavy atom. The van der Waals surface area contributed by atoms with Gasteiger partial charge in [0, 0.05) is 17.7 Å². The van der Waals surface area contributed by atoms with Crippen LogP contribution in [-0.2, 0) is 6.61 Å². The van der Waals surface area contributed by atoms with E-state index < -0.39 is 0 Å². The van der Waals surface area contributed by atoms with E-state index in [1.54, 1.807) is 0 Å². The Morgan fingerprint density at radius 1 is 1.14 bits per heavy atom. The Bertz CT molecular complexity index is 599. The summed E-state index contributed by atoms with van der Waals surface area (Å²) in [5.74, 6) is 0.957. The predicted octanol–water partition coefficient (Wildman–Crippen LogP) is 2.59. The summed E-state index contributed by atoms with van der Waals surface area (Å²) in [6.45, 7) is 3.49. The number of hydrogen-bond acceptors (Lipinski definition) is 3. The van der Waals surface area contributed by atoms with Crippen LogP contribution in [0.25, 0.3) is 0 Å². The van der Waals surface area contributed by atoms with Crippen molar-refractivity contribution in [3.8, 4) is 5.75 Å². The standard InChI is InChI=1S/C18H22N2O2/c1-14(11-19)12-20-18(21)17-10-6-5-7-15(17)13-22-16-8-3-2-4-9-16/h2-10,14H,11-13,19H2,1H3,(H,20,21). The van der Waals surface area contributed by atoms with Crippen LogP contribution in [0, 0.1) is 5.92 Å². The van der Waals surface area contributed by atoms with Crippen LogP contribution in [0.1, 0.15) is 22.8 Å². The first-order valence-corrected chi connectivity index (χ1v) is 7.44. The van der Waals surface area contributed by atoms with Crippen molar-refractivity contribution < 1.29 is 9.53 Å². The normalized spacial score (nSPS) is 11.7. The third-order valence-corrected chi connectivity index (χ3v) is 3.41. The average molecular weight is 298 g/mol. The minimum absolute atomic E-state index is 0.0902. The van der Waals surface area contributed by atoms with E-state index in [1.807, 2.05) is 61.5 Å². The number of rotatable bonds is 7. The molecule has 0 aliphatic rings. The van der Waals surface area contributed by atoms with Gasteiger partial charge in [-0.1, -0.05) is 43.3 Å². The van der Waals surface area contributed by atoms with E-state index in [-0.39, 0.29) is 11.8 Å². The largest absolute Gasteiger partial charge is 0.489 e. The quantitative estimate of drug-likeness (QED) is 0.826. The van der Waals surface area contributed by atoms with E-state index in [9.17, 15) is 4.79 Å². The molecule has 2 aromatic rings. The van der Waals surface area contributed by atoms with Crippen molar-refractivity contribution in [2.24, 2.45) is 11.7 Å². The summed E-state index contributed by atoms with van der Waals surface area (Å²) in [4.78, 5) is 12.3. The molecule has 2 rings (SSSR count). The van der Waals surface area contributed by atoms with Gasteiger partial charge >= 0.3 is 0 Å². The first-order chi connectivity index (χ1) is 10.7. The van der Waals surface area contributed by atoms with Crippen molar-refractivity contribution in [1.29, 1.82) is 0 Å². The van der Waals surface area contributed by atoms with Gasteiger partial charge in [0.15, 0.2) is 0 Å². The Morgan fingerprint density at radius 2 is 1.82 bits per heavy atom. The molecule has 0 spiro atoms. The predicted molar refractivity (Wildman–Crippen MR) is 87.8 cm³/mol. The number of carbonyl (C=O) groups is 1. The maximum Gasteiger partial charge on any atom is 0.251 e. The lowest BCUT2D eigenvalue weighted by Crippen LogP contribution is -2.31. The van der Waals surface area contributed by atoms with Gasteiger partial charge in [-0.25, -0.2) is 0 Å². The number of nitrogens with one attached hydrogen (secondary N) is 1. The Labute approximate surface area is 131 Å². The van der Waals surface area contributed by atoms with E-state index >= 15 is 0 Å². The second-order valence-corrected chi connectivity index (χ2v) is 5.31. The zero-order valence-corrected chi connectivity index (χ0v) is 12.8. The molecule has 0 aliphatic heterocycles. The molecular formula is C18H22N2O2. The van der Waals surface area contributed by atoms with Crippen LogP contribution in [0.15, 0.2) is 54.6 Å². The first-order valence-electron chi connectivity index (χ1n) is 7.44. The fourth-order valence-corrected chi connectivity index (χ4v) is 1.99. The van der Waals surface area contributed by atoms with Crippen molar-refractivity contribution in [3.05, 3.63) is 65.7 Å². The van der Waals surface area contributed by atoms with Gasteiger partial charge in [0.2, 0.25) is 0 Å². The Balaban J connectivity index is 2.01. The molecule has 0 fully saturated rings. The van der Waals surface area contributed by atoms with Crippen LogP contribution in [0.4, 0.5) is 0 Å². The molecule has 4 heteroatoms. The minimum Gasteiger partial charge on any atom is -0.489 e. The fraction of sp³-hybridized carbons (Fsp3) is 0.278. The van der Waals surface area contributed by atoms with E-state index in [0.717, 1.165) is 11.3 Å². The lowest BCUT2D eigenvalue weighted by Gasteiger charge is -2.13. The highest BCUT2D eigenvalue weighted by molar-refractivity contribution is 5.95. The third-order valence-electron chi connectivity index (χ3n) is 3.41. The highest BCUT2D eigenvalue weighted by atomic mass is 16.5. The summed E-state index contributed by atoms with van der Waals surface area (Å²) in [7, 11) is 0. The zero-order valence-electron chi connectivity index (χ0n) is 12.8. The van der Waals surface area contributed by atoms with Crippen molar-refractivity contribution in [2.75, 3.05) is 13.1 Å². The third kappa shape index (κ3) is 4.60. The lowest BCUT2D eigenvalue weighted by atomic mass is 10.1. The molecule has 116 valence electrons. The van der Waals surface area contributed by atoms with Gasteiger partial charge in [0.25, 0.3) is 5.91 Å². The van der Waals surface area contributed by atoms with E-state index in [4.69, 9.17) is 10.5 Å². The van der Waals surface area contributed by atoms with Crippen LogP contribution in [0.2, 0.25) is 0 Å². The molecule has 0 radical (unpaired) electrons. The number of benzene rings is 2. The topological polar surface area (TPSA) is 64.3 Å². The summed E-state index contributed by atoms with van der Waals surface area (Å²) >= 11 is 0. The van der Waals surface area contributed by atoms with Gasteiger partial charge in [-0.3, -0.25) is 4.79 Å². The number of ether oxygens (including phenoxy) is 1. The van der Waals surface area contributed by atoms with Gasteiger partial charge in [-0.05, 0) is 30.7 Å². The number of nitrogens with two attached hydrogens (primary N) is 1. The SMILES string of the molecule is CC(CN)CNC(=O)c1ccccc1COc1ccccc1. The van der Waals surface area contributed by atoms with Crippen LogP contribution >= 0.6 is 0 Å². The number of carbonyl (C=O) groups excluding carboxylic acids is 1. The van der Waals surface area contributed by atoms with Crippen molar-refractivity contribution in [1.82, 2.24) is 5.32 Å².